The van der Waals surface area contributed by atoms with E-state index in [2.05, 4.69) is 20.2 Å². The molecule has 2 heterocycles. The number of nitrogens with zero attached hydrogens (tertiary/aromatic N) is 3. The Hall–Kier alpha value is -1.11. The first-order chi connectivity index (χ1) is 9.20. The fraction of sp³-hybridized carbons (Fsp3) is 0.667. The summed E-state index contributed by atoms with van der Waals surface area (Å²) in [6, 6.07) is 2.01. The Morgan fingerprint density at radius 3 is 2.74 bits per heavy atom. The third-order valence-electron chi connectivity index (χ3n) is 3.46. The predicted octanol–water partition coefficient (Wildman–Crippen LogP) is 0.902. The van der Waals surface area contributed by atoms with Gasteiger partial charge in [0.1, 0.15) is 11.0 Å². The number of aliphatic hydroxyl groups excluding tert-OH is 1. The van der Waals surface area contributed by atoms with Gasteiger partial charge in [-0.1, -0.05) is 11.6 Å². The lowest BCUT2D eigenvalue weighted by molar-refractivity contribution is 0.0834. The number of anilines is 2. The van der Waals surface area contributed by atoms with Crippen LogP contribution in [-0.4, -0.2) is 53.5 Å². The summed E-state index contributed by atoms with van der Waals surface area (Å²) in [4.78, 5) is 10.8. The largest absolute Gasteiger partial charge is 0.393 e. The van der Waals surface area contributed by atoms with E-state index in [4.69, 9.17) is 16.3 Å². The van der Waals surface area contributed by atoms with E-state index in [-0.39, 0.29) is 12.1 Å². The van der Waals surface area contributed by atoms with Crippen LogP contribution in [0.2, 0.25) is 5.15 Å². The van der Waals surface area contributed by atoms with E-state index in [1.165, 1.54) is 0 Å². The highest BCUT2D eigenvalue weighted by Crippen LogP contribution is 2.25. The molecule has 1 saturated heterocycles. The summed E-state index contributed by atoms with van der Waals surface area (Å²) >= 11 is 6.04. The average molecular weight is 285 g/mol. The highest BCUT2D eigenvalue weighted by atomic mass is 35.5. The van der Waals surface area contributed by atoms with Crippen molar-refractivity contribution < 1.29 is 9.84 Å². The van der Waals surface area contributed by atoms with Gasteiger partial charge in [0.05, 0.1) is 19.3 Å². The van der Waals surface area contributed by atoms with Crippen LogP contribution in [0.15, 0.2) is 6.07 Å². The van der Waals surface area contributed by atoms with Crippen LogP contribution in [0.1, 0.15) is 12.8 Å². The Bertz CT molecular complexity index is 447. The van der Waals surface area contributed by atoms with Gasteiger partial charge in [-0.25, -0.2) is 4.98 Å². The molecule has 0 spiro atoms. The topological polar surface area (TPSA) is 70.5 Å². The smallest absolute Gasteiger partial charge is 0.226 e. The molecule has 2 aliphatic rings. The van der Waals surface area contributed by atoms with E-state index in [9.17, 15) is 5.11 Å². The maximum Gasteiger partial charge on any atom is 0.226 e. The lowest BCUT2D eigenvalue weighted by atomic mass is 9.90. The number of morpholine rings is 1. The SMILES string of the molecule is OC1CC(Nc2nc(Cl)cc(N3CCOCC3)n2)C1. The second-order valence-corrected chi connectivity index (χ2v) is 5.33. The van der Waals surface area contributed by atoms with Gasteiger partial charge in [0, 0.05) is 25.2 Å². The van der Waals surface area contributed by atoms with Gasteiger partial charge in [-0.15, -0.1) is 0 Å². The third-order valence-corrected chi connectivity index (χ3v) is 3.66. The van der Waals surface area contributed by atoms with Crippen LogP contribution in [0, 0.1) is 0 Å². The monoisotopic (exact) mass is 284 g/mol. The molecule has 104 valence electrons. The molecular formula is C12H17ClN4O2. The summed E-state index contributed by atoms with van der Waals surface area (Å²) in [5.41, 5.74) is 0. The summed E-state index contributed by atoms with van der Waals surface area (Å²) in [6.07, 6.45) is 1.28. The first kappa shape index (κ1) is 12.9. The number of hydrogen-bond donors (Lipinski definition) is 2. The molecule has 1 saturated carbocycles. The van der Waals surface area contributed by atoms with Gasteiger partial charge in [-0.3, -0.25) is 0 Å². The molecule has 19 heavy (non-hydrogen) atoms. The fourth-order valence-corrected chi connectivity index (χ4v) is 2.49. The summed E-state index contributed by atoms with van der Waals surface area (Å²) in [5, 5.41) is 12.9. The molecule has 1 aromatic heterocycles. The lowest BCUT2D eigenvalue weighted by Gasteiger charge is -2.32. The van der Waals surface area contributed by atoms with Crippen LogP contribution in [0.4, 0.5) is 11.8 Å². The maximum absolute atomic E-state index is 9.28. The second-order valence-electron chi connectivity index (χ2n) is 4.94. The number of aliphatic hydroxyl groups is 1. The molecule has 0 amide bonds. The highest BCUT2D eigenvalue weighted by Gasteiger charge is 2.28. The predicted molar refractivity (Wildman–Crippen MR) is 72.7 cm³/mol. The van der Waals surface area contributed by atoms with Crippen molar-refractivity contribution in [1.29, 1.82) is 0 Å². The van der Waals surface area contributed by atoms with Gasteiger partial charge in [0.15, 0.2) is 0 Å². The van der Waals surface area contributed by atoms with Gasteiger partial charge in [0.2, 0.25) is 5.95 Å². The number of hydrogen-bond acceptors (Lipinski definition) is 6. The molecule has 1 aromatic rings. The Labute approximate surface area is 116 Å². The van der Waals surface area contributed by atoms with Crippen LogP contribution in [0.25, 0.3) is 0 Å². The number of halogens is 1. The molecule has 2 fully saturated rings. The maximum atomic E-state index is 9.28. The van der Waals surface area contributed by atoms with Crippen molar-refractivity contribution in [2.75, 3.05) is 36.5 Å². The Balaban J connectivity index is 1.71. The number of nitrogens with one attached hydrogen (secondary N) is 1. The Morgan fingerprint density at radius 1 is 1.32 bits per heavy atom. The van der Waals surface area contributed by atoms with Crippen LogP contribution in [0.5, 0.6) is 0 Å². The van der Waals surface area contributed by atoms with Crippen molar-refractivity contribution in [1.82, 2.24) is 9.97 Å². The minimum atomic E-state index is -0.199. The molecule has 1 aliphatic carbocycles. The van der Waals surface area contributed by atoms with E-state index in [1.807, 2.05) is 0 Å². The number of rotatable bonds is 3. The first-order valence-electron chi connectivity index (χ1n) is 6.52. The van der Waals surface area contributed by atoms with Gasteiger partial charge < -0.3 is 20.1 Å². The molecule has 7 heteroatoms. The molecule has 0 unspecified atom stereocenters. The standard InChI is InChI=1S/C12H17ClN4O2/c13-10-7-11(17-1-3-19-4-2-17)16-12(15-10)14-8-5-9(18)6-8/h7-9,18H,1-6H2,(H,14,15,16). The summed E-state index contributed by atoms with van der Waals surface area (Å²) in [6.45, 7) is 3.04. The quantitative estimate of drug-likeness (QED) is 0.804. The highest BCUT2D eigenvalue weighted by molar-refractivity contribution is 6.29. The zero-order chi connectivity index (χ0) is 13.2. The van der Waals surface area contributed by atoms with Crippen molar-refractivity contribution >= 4 is 23.4 Å². The molecule has 0 radical (unpaired) electrons. The summed E-state index contributed by atoms with van der Waals surface area (Å²) in [5.74, 6) is 1.36. The van der Waals surface area contributed by atoms with Crippen molar-refractivity contribution in [3.63, 3.8) is 0 Å². The molecule has 0 atom stereocenters. The van der Waals surface area contributed by atoms with Gasteiger partial charge in [-0.2, -0.15) is 4.98 Å². The van der Waals surface area contributed by atoms with E-state index >= 15 is 0 Å². The van der Waals surface area contributed by atoms with E-state index in [1.54, 1.807) is 6.07 Å². The second kappa shape index (κ2) is 5.48. The molecular weight excluding hydrogens is 268 g/mol. The zero-order valence-electron chi connectivity index (χ0n) is 10.5. The number of aromatic nitrogens is 2. The zero-order valence-corrected chi connectivity index (χ0v) is 11.3. The minimum Gasteiger partial charge on any atom is -0.393 e. The summed E-state index contributed by atoms with van der Waals surface area (Å²) in [7, 11) is 0. The van der Waals surface area contributed by atoms with Crippen LogP contribution < -0.4 is 10.2 Å². The minimum absolute atomic E-state index is 0.199. The summed E-state index contributed by atoms with van der Waals surface area (Å²) < 4.78 is 5.32. The van der Waals surface area contributed by atoms with Crippen molar-refractivity contribution in [3.05, 3.63) is 11.2 Å². The lowest BCUT2D eigenvalue weighted by Crippen LogP contribution is -2.40. The van der Waals surface area contributed by atoms with Crippen LogP contribution in [-0.2, 0) is 4.74 Å². The molecule has 2 N–H and O–H groups in total. The molecule has 1 aliphatic heterocycles. The van der Waals surface area contributed by atoms with Crippen molar-refractivity contribution in [3.8, 4) is 0 Å². The van der Waals surface area contributed by atoms with Gasteiger partial charge in [-0.05, 0) is 12.8 Å². The third kappa shape index (κ3) is 3.08. The first-order valence-corrected chi connectivity index (χ1v) is 6.90. The normalized spacial score (nSPS) is 26.9. The van der Waals surface area contributed by atoms with E-state index in [0.29, 0.717) is 24.3 Å². The molecule has 6 nitrogen and oxygen atoms in total. The Morgan fingerprint density at radius 2 is 2.05 bits per heavy atom. The van der Waals surface area contributed by atoms with Crippen molar-refractivity contribution in [2.45, 2.75) is 25.0 Å². The fourth-order valence-electron chi connectivity index (χ4n) is 2.31. The van der Waals surface area contributed by atoms with Gasteiger partial charge in [0.25, 0.3) is 0 Å². The van der Waals surface area contributed by atoms with Crippen LogP contribution >= 0.6 is 11.6 Å². The number of ether oxygens (including phenoxy) is 1. The average Bonchev–Trinajstić information content (AvgIpc) is 2.37. The Kier molecular flexibility index (Phi) is 3.72. The van der Waals surface area contributed by atoms with E-state index < -0.39 is 0 Å². The van der Waals surface area contributed by atoms with E-state index in [0.717, 1.165) is 31.7 Å². The molecule has 0 aromatic carbocycles. The van der Waals surface area contributed by atoms with Gasteiger partial charge >= 0.3 is 0 Å². The molecule has 3 rings (SSSR count). The molecule has 0 bridgehead atoms. The van der Waals surface area contributed by atoms with Crippen LogP contribution in [0.3, 0.4) is 0 Å². The van der Waals surface area contributed by atoms with Crippen molar-refractivity contribution in [2.24, 2.45) is 0 Å².